The second-order valence-corrected chi connectivity index (χ2v) is 4.50. The summed E-state index contributed by atoms with van der Waals surface area (Å²) >= 11 is 0. The fraction of sp³-hybridized carbons (Fsp3) is 0.500. The summed E-state index contributed by atoms with van der Waals surface area (Å²) in [6.07, 6.45) is -3.16. The number of halogens is 3. The molecule has 3 N–H and O–H groups in total. The molecular formula is C12H15F3N2. The molecule has 0 heterocycles. The van der Waals surface area contributed by atoms with Gasteiger partial charge in [0.05, 0.1) is 0 Å². The molecule has 1 aromatic carbocycles. The van der Waals surface area contributed by atoms with Crippen molar-refractivity contribution >= 4 is 5.69 Å². The third-order valence-electron chi connectivity index (χ3n) is 3.15. The summed E-state index contributed by atoms with van der Waals surface area (Å²) < 4.78 is 37.8. The molecule has 0 amide bonds. The summed E-state index contributed by atoms with van der Waals surface area (Å²) in [5.74, 6) is 0. The number of nitrogens with two attached hydrogens (primary N) is 1. The number of hydrogen-bond donors (Lipinski definition) is 2. The van der Waals surface area contributed by atoms with Crippen LogP contribution < -0.4 is 11.1 Å². The zero-order valence-corrected chi connectivity index (χ0v) is 9.35. The van der Waals surface area contributed by atoms with Gasteiger partial charge in [0.1, 0.15) is 5.54 Å². The topological polar surface area (TPSA) is 38.0 Å². The number of rotatable bonds is 4. The lowest BCUT2D eigenvalue weighted by Crippen LogP contribution is -2.45. The van der Waals surface area contributed by atoms with E-state index >= 15 is 0 Å². The van der Waals surface area contributed by atoms with Crippen molar-refractivity contribution < 1.29 is 13.2 Å². The molecule has 0 saturated heterocycles. The molecule has 2 nitrogen and oxygen atoms in total. The standard InChI is InChI=1S/C12H15F3N2/c13-12(14,15)11(6-7-11)17-8-5-9-1-3-10(16)4-2-9/h1-4,17H,5-8,16H2. The van der Waals surface area contributed by atoms with Crippen LogP contribution in [0.3, 0.4) is 0 Å². The number of nitrogen functional groups attached to an aromatic ring is 1. The van der Waals surface area contributed by atoms with Crippen molar-refractivity contribution in [3.8, 4) is 0 Å². The second-order valence-electron chi connectivity index (χ2n) is 4.50. The zero-order valence-electron chi connectivity index (χ0n) is 9.35. The Hall–Kier alpha value is -1.23. The molecule has 1 fully saturated rings. The molecule has 1 saturated carbocycles. The maximum absolute atomic E-state index is 12.6. The number of alkyl halides is 3. The van der Waals surface area contributed by atoms with Gasteiger partial charge in [-0.15, -0.1) is 0 Å². The van der Waals surface area contributed by atoms with Gasteiger partial charge in [-0.05, 0) is 43.5 Å². The van der Waals surface area contributed by atoms with E-state index in [4.69, 9.17) is 5.73 Å². The quantitative estimate of drug-likeness (QED) is 0.799. The van der Waals surface area contributed by atoms with E-state index in [1.807, 2.05) is 12.1 Å². The Morgan fingerprint density at radius 2 is 1.76 bits per heavy atom. The van der Waals surface area contributed by atoms with Crippen LogP contribution in [0.25, 0.3) is 0 Å². The third-order valence-corrected chi connectivity index (χ3v) is 3.15. The molecule has 17 heavy (non-hydrogen) atoms. The van der Waals surface area contributed by atoms with Crippen LogP contribution in [0.15, 0.2) is 24.3 Å². The largest absolute Gasteiger partial charge is 0.406 e. The average Bonchev–Trinajstić information content (AvgIpc) is 3.01. The minimum absolute atomic E-state index is 0.193. The first kappa shape index (κ1) is 12.2. The van der Waals surface area contributed by atoms with Crippen LogP contribution in [-0.4, -0.2) is 18.3 Å². The maximum atomic E-state index is 12.6. The second kappa shape index (κ2) is 4.22. The lowest BCUT2D eigenvalue weighted by Gasteiger charge is -2.20. The SMILES string of the molecule is Nc1ccc(CCNC2(C(F)(F)F)CC2)cc1. The minimum atomic E-state index is -4.13. The summed E-state index contributed by atoms with van der Waals surface area (Å²) in [5, 5.41) is 2.62. The first-order chi connectivity index (χ1) is 7.93. The molecule has 1 aliphatic carbocycles. The van der Waals surface area contributed by atoms with Gasteiger partial charge in [0, 0.05) is 5.69 Å². The van der Waals surface area contributed by atoms with E-state index in [0.29, 0.717) is 18.7 Å². The van der Waals surface area contributed by atoms with Gasteiger partial charge in [0.25, 0.3) is 0 Å². The molecule has 94 valence electrons. The van der Waals surface area contributed by atoms with E-state index in [1.165, 1.54) is 0 Å². The Kier molecular flexibility index (Phi) is 3.03. The van der Waals surface area contributed by atoms with Crippen LogP contribution in [0.4, 0.5) is 18.9 Å². The van der Waals surface area contributed by atoms with Crippen LogP contribution in [0.1, 0.15) is 18.4 Å². The lowest BCUT2D eigenvalue weighted by molar-refractivity contribution is -0.165. The molecule has 0 spiro atoms. The molecule has 0 aromatic heterocycles. The van der Waals surface area contributed by atoms with Gasteiger partial charge >= 0.3 is 6.18 Å². The molecule has 1 aliphatic rings. The Bertz CT molecular complexity index is 380. The Labute approximate surface area is 98.0 Å². The predicted octanol–water partition coefficient (Wildman–Crippen LogP) is 2.50. The van der Waals surface area contributed by atoms with Crippen molar-refractivity contribution in [1.29, 1.82) is 0 Å². The fourth-order valence-corrected chi connectivity index (χ4v) is 1.82. The number of nitrogens with one attached hydrogen (secondary N) is 1. The van der Waals surface area contributed by atoms with Crippen molar-refractivity contribution in [1.82, 2.24) is 5.32 Å². The number of anilines is 1. The summed E-state index contributed by atoms with van der Waals surface area (Å²) in [6.45, 7) is 0.337. The van der Waals surface area contributed by atoms with Crippen LogP contribution in [0, 0.1) is 0 Å². The van der Waals surface area contributed by atoms with Crippen LogP contribution in [-0.2, 0) is 6.42 Å². The number of benzene rings is 1. The highest BCUT2D eigenvalue weighted by Crippen LogP contribution is 2.48. The Morgan fingerprint density at radius 1 is 1.18 bits per heavy atom. The maximum Gasteiger partial charge on any atom is 0.406 e. The minimum Gasteiger partial charge on any atom is -0.399 e. The Balaban J connectivity index is 1.82. The summed E-state index contributed by atoms with van der Waals surface area (Å²) in [6, 6.07) is 7.19. The molecule has 0 unspecified atom stereocenters. The van der Waals surface area contributed by atoms with Crippen LogP contribution >= 0.6 is 0 Å². The zero-order chi connectivity index (χ0) is 12.5. The van der Waals surface area contributed by atoms with Gasteiger partial charge in [-0.1, -0.05) is 12.1 Å². The predicted molar refractivity (Wildman–Crippen MR) is 60.6 cm³/mol. The molecule has 0 radical (unpaired) electrons. The van der Waals surface area contributed by atoms with Crippen molar-refractivity contribution in [2.24, 2.45) is 0 Å². The summed E-state index contributed by atoms with van der Waals surface area (Å²) in [5.41, 5.74) is 5.57. The highest BCUT2D eigenvalue weighted by Gasteiger charge is 2.62. The van der Waals surface area contributed by atoms with Crippen molar-refractivity contribution in [2.75, 3.05) is 12.3 Å². The highest BCUT2D eigenvalue weighted by molar-refractivity contribution is 5.39. The molecule has 0 aliphatic heterocycles. The van der Waals surface area contributed by atoms with Crippen molar-refractivity contribution in [3.63, 3.8) is 0 Å². The first-order valence-corrected chi connectivity index (χ1v) is 5.59. The Morgan fingerprint density at radius 3 is 2.24 bits per heavy atom. The molecule has 5 heteroatoms. The summed E-state index contributed by atoms with van der Waals surface area (Å²) in [4.78, 5) is 0. The highest BCUT2D eigenvalue weighted by atomic mass is 19.4. The van der Waals surface area contributed by atoms with Crippen molar-refractivity contribution in [3.05, 3.63) is 29.8 Å². The van der Waals surface area contributed by atoms with E-state index in [0.717, 1.165) is 5.56 Å². The van der Waals surface area contributed by atoms with Gasteiger partial charge in [0.15, 0.2) is 0 Å². The van der Waals surface area contributed by atoms with Crippen LogP contribution in [0.2, 0.25) is 0 Å². The van der Waals surface area contributed by atoms with Gasteiger partial charge < -0.3 is 11.1 Å². The fourth-order valence-electron chi connectivity index (χ4n) is 1.82. The van der Waals surface area contributed by atoms with Crippen LogP contribution in [0.5, 0.6) is 0 Å². The smallest absolute Gasteiger partial charge is 0.399 e. The van der Waals surface area contributed by atoms with E-state index in [-0.39, 0.29) is 12.8 Å². The third kappa shape index (κ3) is 2.72. The molecule has 0 bridgehead atoms. The molecule has 0 atom stereocenters. The van der Waals surface area contributed by atoms with Crippen molar-refractivity contribution in [2.45, 2.75) is 31.0 Å². The number of hydrogen-bond acceptors (Lipinski definition) is 2. The molecule has 2 rings (SSSR count). The van der Waals surface area contributed by atoms with Gasteiger partial charge in [-0.25, -0.2) is 0 Å². The molecule has 1 aromatic rings. The van der Waals surface area contributed by atoms with Gasteiger partial charge in [-0.2, -0.15) is 13.2 Å². The van der Waals surface area contributed by atoms with E-state index < -0.39 is 11.7 Å². The normalized spacial score (nSPS) is 18.1. The average molecular weight is 244 g/mol. The molecular weight excluding hydrogens is 229 g/mol. The first-order valence-electron chi connectivity index (χ1n) is 5.59. The van der Waals surface area contributed by atoms with E-state index in [9.17, 15) is 13.2 Å². The summed E-state index contributed by atoms with van der Waals surface area (Å²) in [7, 11) is 0. The monoisotopic (exact) mass is 244 g/mol. The lowest BCUT2D eigenvalue weighted by atomic mass is 10.1. The van der Waals surface area contributed by atoms with Gasteiger partial charge in [0.2, 0.25) is 0 Å². The van der Waals surface area contributed by atoms with Gasteiger partial charge in [-0.3, -0.25) is 0 Å². The van der Waals surface area contributed by atoms with E-state index in [2.05, 4.69) is 5.32 Å². The van der Waals surface area contributed by atoms with E-state index in [1.54, 1.807) is 12.1 Å².